The molecule has 0 spiro atoms. The molecule has 0 unspecified atom stereocenters. The molecular formula is C15H18ClNO4. The lowest BCUT2D eigenvalue weighted by atomic mass is 9.81. The Hall–Kier alpha value is -1.59. The molecule has 1 fully saturated rings. The zero-order valence-corrected chi connectivity index (χ0v) is 12.4. The Morgan fingerprint density at radius 2 is 2.14 bits per heavy atom. The van der Waals surface area contributed by atoms with Crippen LogP contribution in [0.15, 0.2) is 30.3 Å². The first-order chi connectivity index (χ1) is 10.0. The molecule has 21 heavy (non-hydrogen) atoms. The summed E-state index contributed by atoms with van der Waals surface area (Å²) < 4.78 is 5.20. The van der Waals surface area contributed by atoms with Crippen LogP contribution in [0.3, 0.4) is 0 Å². The highest BCUT2D eigenvalue weighted by atomic mass is 35.5. The van der Waals surface area contributed by atoms with Crippen molar-refractivity contribution < 1.29 is 19.4 Å². The van der Waals surface area contributed by atoms with E-state index >= 15 is 0 Å². The summed E-state index contributed by atoms with van der Waals surface area (Å²) in [6.07, 6.45) is -0.601. The average molecular weight is 312 g/mol. The lowest BCUT2D eigenvalue weighted by Gasteiger charge is -2.35. The van der Waals surface area contributed by atoms with Crippen LogP contribution in [0.5, 0.6) is 0 Å². The van der Waals surface area contributed by atoms with Gasteiger partial charge in [0.05, 0.1) is 12.0 Å². The van der Waals surface area contributed by atoms with Gasteiger partial charge in [-0.3, -0.25) is 9.59 Å². The fourth-order valence-electron chi connectivity index (χ4n) is 2.90. The molecule has 114 valence electrons. The summed E-state index contributed by atoms with van der Waals surface area (Å²) in [5.41, 5.74) is -0.488. The van der Waals surface area contributed by atoms with E-state index in [4.69, 9.17) is 16.3 Å². The van der Waals surface area contributed by atoms with Crippen molar-refractivity contribution >= 4 is 24.0 Å². The van der Waals surface area contributed by atoms with E-state index in [0.717, 1.165) is 0 Å². The monoisotopic (exact) mass is 311 g/mol. The first-order valence-electron chi connectivity index (χ1n) is 6.75. The van der Waals surface area contributed by atoms with Gasteiger partial charge in [-0.15, -0.1) is 11.6 Å². The molecule has 2 rings (SSSR count). The molecule has 1 aliphatic heterocycles. The second kappa shape index (κ2) is 6.45. The molecule has 0 aliphatic carbocycles. The van der Waals surface area contributed by atoms with E-state index in [1.54, 1.807) is 31.2 Å². The minimum Gasteiger partial charge on any atom is -0.458 e. The number of benzene rings is 1. The Morgan fingerprint density at radius 3 is 2.71 bits per heavy atom. The SMILES string of the molecule is C[C@@]1(OC=O)[C@@H]([C@H](O)c2ccccc2)NC(=O)[C@@H]1CCCl. The molecule has 4 atom stereocenters. The lowest BCUT2D eigenvalue weighted by molar-refractivity contribution is -0.151. The van der Waals surface area contributed by atoms with Crippen LogP contribution in [0.25, 0.3) is 0 Å². The highest BCUT2D eigenvalue weighted by Crippen LogP contribution is 2.39. The minimum atomic E-state index is -1.14. The maximum absolute atomic E-state index is 12.1. The molecule has 1 heterocycles. The van der Waals surface area contributed by atoms with Gasteiger partial charge in [0.15, 0.2) is 0 Å². The highest BCUT2D eigenvalue weighted by molar-refractivity contribution is 6.18. The molecular weight excluding hydrogens is 294 g/mol. The molecule has 6 heteroatoms. The van der Waals surface area contributed by atoms with Gasteiger partial charge < -0.3 is 15.2 Å². The van der Waals surface area contributed by atoms with E-state index in [9.17, 15) is 14.7 Å². The van der Waals surface area contributed by atoms with Crippen molar-refractivity contribution in [3.8, 4) is 0 Å². The van der Waals surface area contributed by atoms with E-state index in [1.165, 1.54) is 0 Å². The summed E-state index contributed by atoms with van der Waals surface area (Å²) in [5, 5.41) is 13.3. The number of aliphatic hydroxyl groups excluding tert-OH is 1. The Kier molecular flexibility index (Phi) is 4.85. The molecule has 2 N–H and O–H groups in total. The maximum Gasteiger partial charge on any atom is 0.293 e. The summed E-state index contributed by atoms with van der Waals surface area (Å²) in [6.45, 7) is 1.96. The number of carbonyl (C=O) groups is 2. The first kappa shape index (κ1) is 15.8. The van der Waals surface area contributed by atoms with Crippen LogP contribution in [0.1, 0.15) is 25.0 Å². The number of nitrogens with one attached hydrogen (secondary N) is 1. The van der Waals surface area contributed by atoms with Gasteiger partial charge in [0.1, 0.15) is 11.7 Å². The number of hydrogen-bond acceptors (Lipinski definition) is 4. The number of ether oxygens (including phenoxy) is 1. The number of halogens is 1. The van der Waals surface area contributed by atoms with Gasteiger partial charge in [-0.05, 0) is 18.9 Å². The zero-order valence-electron chi connectivity index (χ0n) is 11.7. The Labute approximate surface area is 128 Å². The molecule has 0 bridgehead atoms. The van der Waals surface area contributed by atoms with Crippen LogP contribution in [-0.2, 0) is 14.3 Å². The van der Waals surface area contributed by atoms with Crippen molar-refractivity contribution in [2.75, 3.05) is 5.88 Å². The predicted octanol–water partition coefficient (Wildman–Crippen LogP) is 1.40. The Morgan fingerprint density at radius 1 is 1.48 bits per heavy atom. The summed E-state index contributed by atoms with van der Waals surface area (Å²) in [6, 6.07) is 8.22. The third-order valence-corrected chi connectivity index (χ3v) is 4.30. The van der Waals surface area contributed by atoms with Crippen molar-refractivity contribution in [3.63, 3.8) is 0 Å². The first-order valence-corrected chi connectivity index (χ1v) is 7.29. The maximum atomic E-state index is 12.1. The quantitative estimate of drug-likeness (QED) is 0.615. The van der Waals surface area contributed by atoms with Crippen molar-refractivity contribution in [2.45, 2.75) is 31.1 Å². The highest BCUT2D eigenvalue weighted by Gasteiger charge is 2.56. The molecule has 0 radical (unpaired) electrons. The minimum absolute atomic E-state index is 0.264. The van der Waals surface area contributed by atoms with Crippen molar-refractivity contribution in [2.24, 2.45) is 5.92 Å². The van der Waals surface area contributed by atoms with Crippen molar-refractivity contribution in [3.05, 3.63) is 35.9 Å². The average Bonchev–Trinajstić information content (AvgIpc) is 2.73. The van der Waals surface area contributed by atoms with Crippen LogP contribution in [-0.4, -0.2) is 35.0 Å². The topological polar surface area (TPSA) is 75.6 Å². The van der Waals surface area contributed by atoms with Crippen LogP contribution in [0, 0.1) is 5.92 Å². The smallest absolute Gasteiger partial charge is 0.293 e. The summed E-state index contributed by atoms with van der Waals surface area (Å²) in [5.74, 6) is -0.576. The fraction of sp³-hybridized carbons (Fsp3) is 0.467. The number of hydrogen-bond donors (Lipinski definition) is 2. The third-order valence-electron chi connectivity index (χ3n) is 4.08. The normalized spacial score (nSPS) is 29.8. The van der Waals surface area contributed by atoms with Gasteiger partial charge in [-0.1, -0.05) is 30.3 Å². The van der Waals surface area contributed by atoms with Crippen LogP contribution in [0.4, 0.5) is 0 Å². The number of alkyl halides is 1. The van der Waals surface area contributed by atoms with E-state index in [0.29, 0.717) is 18.5 Å². The Bertz CT molecular complexity index is 510. The van der Waals surface area contributed by atoms with Crippen molar-refractivity contribution in [1.29, 1.82) is 0 Å². The molecule has 1 saturated heterocycles. The summed E-state index contributed by atoms with van der Waals surface area (Å²) in [7, 11) is 0. The molecule has 5 nitrogen and oxygen atoms in total. The molecule has 1 aliphatic rings. The van der Waals surface area contributed by atoms with Crippen molar-refractivity contribution in [1.82, 2.24) is 5.32 Å². The zero-order chi connectivity index (χ0) is 15.5. The molecule has 1 aromatic carbocycles. The largest absolute Gasteiger partial charge is 0.458 e. The number of amides is 1. The van der Waals surface area contributed by atoms with Crippen LogP contribution < -0.4 is 5.32 Å². The van der Waals surface area contributed by atoms with E-state index in [-0.39, 0.29) is 11.8 Å². The second-order valence-corrected chi connectivity index (χ2v) is 5.65. The lowest BCUT2D eigenvalue weighted by Crippen LogP contribution is -2.49. The number of rotatable bonds is 6. The van der Waals surface area contributed by atoms with Gasteiger partial charge in [0.25, 0.3) is 6.47 Å². The predicted molar refractivity (Wildman–Crippen MR) is 77.7 cm³/mol. The molecule has 1 aromatic rings. The van der Waals surface area contributed by atoms with Gasteiger partial charge in [0, 0.05) is 5.88 Å². The van der Waals surface area contributed by atoms with Gasteiger partial charge in [-0.25, -0.2) is 0 Å². The summed E-state index contributed by atoms with van der Waals surface area (Å²) in [4.78, 5) is 23.0. The second-order valence-electron chi connectivity index (χ2n) is 5.27. The van der Waals surface area contributed by atoms with E-state index in [2.05, 4.69) is 5.32 Å². The third kappa shape index (κ3) is 2.89. The summed E-state index contributed by atoms with van der Waals surface area (Å²) >= 11 is 5.73. The van der Waals surface area contributed by atoms with Gasteiger partial charge >= 0.3 is 0 Å². The number of carbonyl (C=O) groups excluding carboxylic acids is 2. The number of aliphatic hydroxyl groups is 1. The van der Waals surface area contributed by atoms with Crippen LogP contribution >= 0.6 is 11.6 Å². The van der Waals surface area contributed by atoms with E-state index in [1.807, 2.05) is 6.07 Å². The van der Waals surface area contributed by atoms with Crippen LogP contribution in [0.2, 0.25) is 0 Å². The van der Waals surface area contributed by atoms with Gasteiger partial charge in [-0.2, -0.15) is 0 Å². The molecule has 0 saturated carbocycles. The van der Waals surface area contributed by atoms with Gasteiger partial charge in [0.2, 0.25) is 5.91 Å². The standard InChI is InChI=1S/C15H18ClNO4/c1-15(21-9-18)11(7-8-16)14(20)17-13(15)12(19)10-5-3-2-4-6-10/h2-6,9,11-13,19H,7-8H2,1H3,(H,17,20)/t11-,12+,13+,15-/m0/s1. The fourth-order valence-corrected chi connectivity index (χ4v) is 3.11. The van der Waals surface area contributed by atoms with E-state index < -0.39 is 23.7 Å². The molecule has 0 aromatic heterocycles. The molecule has 1 amide bonds. The Balaban J connectivity index is 2.33.